The van der Waals surface area contributed by atoms with E-state index in [2.05, 4.69) is 11.6 Å². The second-order valence-electron chi connectivity index (χ2n) is 5.33. The van der Waals surface area contributed by atoms with Crippen molar-refractivity contribution >= 4 is 22.4 Å². The van der Waals surface area contributed by atoms with Crippen LogP contribution in [0.2, 0.25) is 0 Å². The summed E-state index contributed by atoms with van der Waals surface area (Å²) < 4.78 is 32.7. The molecule has 128 valence electrons. The molecule has 0 aliphatic heterocycles. The fraction of sp³-hybridized carbons (Fsp3) is 0.600. The molecule has 1 aromatic rings. The molecule has 7 heteroatoms. The smallest absolute Gasteiger partial charge is 0.240 e. The van der Waals surface area contributed by atoms with Crippen LogP contribution in [-0.2, 0) is 10.0 Å². The molecule has 5 nitrogen and oxygen atoms in total. The Kier molecular flexibility index (Phi) is 9.67. The largest absolute Gasteiger partial charge is 0.491 e. The average Bonchev–Trinajstić information content (AvgIpc) is 2.43. The zero-order valence-corrected chi connectivity index (χ0v) is 15.0. The predicted octanol–water partition coefficient (Wildman–Crippen LogP) is 2.69. The number of nitrogens with one attached hydrogen (secondary N) is 1. The topological polar surface area (TPSA) is 81.4 Å². The van der Waals surface area contributed by atoms with Crippen LogP contribution in [0.15, 0.2) is 29.2 Å². The zero-order chi connectivity index (χ0) is 15.9. The molecule has 0 heterocycles. The number of rotatable bonds is 9. The number of ether oxygens (including phenoxy) is 1. The van der Waals surface area contributed by atoms with Crippen molar-refractivity contribution in [3.63, 3.8) is 0 Å². The molecule has 0 aliphatic carbocycles. The van der Waals surface area contributed by atoms with Gasteiger partial charge in [-0.2, -0.15) is 0 Å². The Labute approximate surface area is 140 Å². The van der Waals surface area contributed by atoms with Crippen molar-refractivity contribution in [2.75, 3.05) is 6.54 Å². The van der Waals surface area contributed by atoms with Crippen molar-refractivity contribution in [1.29, 1.82) is 0 Å². The number of nitrogens with two attached hydrogens (primary N) is 1. The summed E-state index contributed by atoms with van der Waals surface area (Å²) in [6, 6.07) is 6.21. The van der Waals surface area contributed by atoms with Gasteiger partial charge in [0, 0.05) is 12.6 Å². The first-order valence-corrected chi connectivity index (χ1v) is 8.86. The molecule has 0 radical (unpaired) electrons. The number of benzene rings is 1. The summed E-state index contributed by atoms with van der Waals surface area (Å²) in [6.07, 6.45) is 2.77. The van der Waals surface area contributed by atoms with Gasteiger partial charge in [-0.3, -0.25) is 0 Å². The van der Waals surface area contributed by atoms with Gasteiger partial charge in [0.05, 0.1) is 11.0 Å². The first-order valence-electron chi connectivity index (χ1n) is 7.38. The SMILES string of the molecule is CCCCC(CN)NS(=O)(=O)c1ccc(OC(C)C)cc1.Cl. The van der Waals surface area contributed by atoms with Crippen molar-refractivity contribution in [2.24, 2.45) is 5.73 Å². The minimum Gasteiger partial charge on any atom is -0.491 e. The third-order valence-corrected chi connectivity index (χ3v) is 4.55. The van der Waals surface area contributed by atoms with E-state index < -0.39 is 10.0 Å². The van der Waals surface area contributed by atoms with E-state index in [4.69, 9.17) is 10.5 Å². The molecule has 0 saturated heterocycles. The van der Waals surface area contributed by atoms with Gasteiger partial charge in [0.1, 0.15) is 5.75 Å². The molecular formula is C15H27ClN2O3S. The van der Waals surface area contributed by atoms with Crippen LogP contribution in [0.3, 0.4) is 0 Å². The molecule has 0 bridgehead atoms. The van der Waals surface area contributed by atoms with E-state index in [9.17, 15) is 8.42 Å². The van der Waals surface area contributed by atoms with Crippen LogP contribution in [0, 0.1) is 0 Å². The lowest BCUT2D eigenvalue weighted by Crippen LogP contribution is -2.40. The Morgan fingerprint density at radius 2 is 1.82 bits per heavy atom. The van der Waals surface area contributed by atoms with E-state index in [1.807, 2.05) is 13.8 Å². The Bertz CT molecular complexity index is 518. The van der Waals surface area contributed by atoms with Gasteiger partial charge in [-0.25, -0.2) is 13.1 Å². The maximum atomic E-state index is 12.3. The van der Waals surface area contributed by atoms with Crippen LogP contribution in [0.1, 0.15) is 40.0 Å². The van der Waals surface area contributed by atoms with Gasteiger partial charge in [0.25, 0.3) is 0 Å². The van der Waals surface area contributed by atoms with E-state index in [0.29, 0.717) is 12.3 Å². The molecule has 22 heavy (non-hydrogen) atoms. The molecule has 0 fully saturated rings. The van der Waals surface area contributed by atoms with Gasteiger partial charge in [-0.15, -0.1) is 12.4 Å². The molecule has 0 spiro atoms. The summed E-state index contributed by atoms with van der Waals surface area (Å²) in [5.41, 5.74) is 5.63. The molecule has 1 atom stereocenters. The Morgan fingerprint density at radius 3 is 2.27 bits per heavy atom. The highest BCUT2D eigenvalue weighted by Crippen LogP contribution is 2.17. The van der Waals surface area contributed by atoms with Gasteiger partial charge >= 0.3 is 0 Å². The van der Waals surface area contributed by atoms with E-state index in [1.165, 1.54) is 0 Å². The summed E-state index contributed by atoms with van der Waals surface area (Å²) in [6.45, 7) is 6.21. The molecule has 0 amide bonds. The Hall–Kier alpha value is -0.820. The Morgan fingerprint density at radius 1 is 1.23 bits per heavy atom. The number of halogens is 1. The van der Waals surface area contributed by atoms with Crippen molar-refractivity contribution in [1.82, 2.24) is 4.72 Å². The maximum Gasteiger partial charge on any atom is 0.240 e. The third kappa shape index (κ3) is 6.96. The molecule has 1 aromatic carbocycles. The van der Waals surface area contributed by atoms with Gasteiger partial charge in [0.15, 0.2) is 0 Å². The van der Waals surface area contributed by atoms with Gasteiger partial charge in [-0.1, -0.05) is 19.8 Å². The van der Waals surface area contributed by atoms with Crippen molar-refractivity contribution in [2.45, 2.75) is 57.1 Å². The lowest BCUT2D eigenvalue weighted by atomic mass is 10.1. The normalized spacial score (nSPS) is 12.8. The maximum absolute atomic E-state index is 12.3. The van der Waals surface area contributed by atoms with Gasteiger partial charge < -0.3 is 10.5 Å². The number of hydrogen-bond acceptors (Lipinski definition) is 4. The van der Waals surface area contributed by atoms with E-state index in [0.717, 1.165) is 19.3 Å². The van der Waals surface area contributed by atoms with Crippen molar-refractivity contribution < 1.29 is 13.2 Å². The van der Waals surface area contributed by atoms with Gasteiger partial charge in [0.2, 0.25) is 10.0 Å². The summed E-state index contributed by atoms with van der Waals surface area (Å²) >= 11 is 0. The Balaban J connectivity index is 0.00000441. The van der Waals surface area contributed by atoms with Crippen LogP contribution in [0.25, 0.3) is 0 Å². The van der Waals surface area contributed by atoms with Crippen LogP contribution in [0.5, 0.6) is 5.75 Å². The standard InChI is InChI=1S/C15H26N2O3S.ClH/c1-4-5-6-13(11-16)17-21(18,19)15-9-7-14(8-10-15)20-12(2)3;/h7-10,12-13,17H,4-6,11,16H2,1-3H3;1H. The molecule has 0 aromatic heterocycles. The second kappa shape index (κ2) is 10.0. The van der Waals surface area contributed by atoms with E-state index >= 15 is 0 Å². The molecule has 1 rings (SSSR count). The summed E-state index contributed by atoms with van der Waals surface area (Å²) in [5.74, 6) is 0.658. The molecule has 1 unspecified atom stereocenters. The van der Waals surface area contributed by atoms with Crippen LogP contribution >= 0.6 is 12.4 Å². The van der Waals surface area contributed by atoms with Crippen LogP contribution in [-0.4, -0.2) is 27.1 Å². The number of sulfonamides is 1. The third-order valence-electron chi connectivity index (χ3n) is 3.02. The van der Waals surface area contributed by atoms with Crippen LogP contribution < -0.4 is 15.2 Å². The molecule has 0 saturated carbocycles. The lowest BCUT2D eigenvalue weighted by molar-refractivity contribution is 0.242. The summed E-state index contributed by atoms with van der Waals surface area (Å²) in [7, 11) is -3.53. The minimum absolute atomic E-state index is 0. The number of unbranched alkanes of at least 4 members (excludes halogenated alkanes) is 1. The first-order chi connectivity index (χ1) is 9.89. The molecular weight excluding hydrogens is 324 g/mol. The van der Waals surface area contributed by atoms with Gasteiger partial charge in [-0.05, 0) is 44.5 Å². The highest BCUT2D eigenvalue weighted by molar-refractivity contribution is 7.89. The fourth-order valence-electron chi connectivity index (χ4n) is 1.93. The number of hydrogen-bond donors (Lipinski definition) is 2. The zero-order valence-electron chi connectivity index (χ0n) is 13.4. The predicted molar refractivity (Wildman–Crippen MR) is 92.1 cm³/mol. The highest BCUT2D eigenvalue weighted by Gasteiger charge is 2.18. The first kappa shape index (κ1) is 21.2. The van der Waals surface area contributed by atoms with E-state index in [-0.39, 0.29) is 29.4 Å². The lowest BCUT2D eigenvalue weighted by Gasteiger charge is -2.17. The monoisotopic (exact) mass is 350 g/mol. The quantitative estimate of drug-likeness (QED) is 0.717. The fourth-order valence-corrected chi connectivity index (χ4v) is 3.22. The molecule has 0 aliphatic rings. The summed E-state index contributed by atoms with van der Waals surface area (Å²) in [5, 5.41) is 0. The molecule has 3 N–H and O–H groups in total. The van der Waals surface area contributed by atoms with Crippen molar-refractivity contribution in [3.8, 4) is 5.75 Å². The second-order valence-corrected chi connectivity index (χ2v) is 7.05. The van der Waals surface area contributed by atoms with Crippen molar-refractivity contribution in [3.05, 3.63) is 24.3 Å². The van der Waals surface area contributed by atoms with E-state index in [1.54, 1.807) is 24.3 Å². The highest BCUT2D eigenvalue weighted by atomic mass is 35.5. The minimum atomic E-state index is -3.53. The van der Waals surface area contributed by atoms with Crippen LogP contribution in [0.4, 0.5) is 0 Å². The summed E-state index contributed by atoms with van der Waals surface area (Å²) in [4.78, 5) is 0.230. The average molecular weight is 351 g/mol.